The van der Waals surface area contributed by atoms with E-state index in [2.05, 4.69) is 10.3 Å². The van der Waals surface area contributed by atoms with Gasteiger partial charge in [-0.1, -0.05) is 11.6 Å². The van der Waals surface area contributed by atoms with Gasteiger partial charge >= 0.3 is 0 Å². The molecule has 11 heteroatoms. The number of hydrogen-bond acceptors (Lipinski definition) is 6. The number of amides is 1. The Morgan fingerprint density at radius 2 is 1.88 bits per heavy atom. The van der Waals surface area contributed by atoms with Gasteiger partial charge in [0.15, 0.2) is 11.5 Å². The third kappa shape index (κ3) is 5.09. The van der Waals surface area contributed by atoms with E-state index in [1.807, 2.05) is 0 Å². The van der Waals surface area contributed by atoms with E-state index in [1.54, 1.807) is 12.1 Å². The molecule has 8 nitrogen and oxygen atoms in total. The summed E-state index contributed by atoms with van der Waals surface area (Å²) in [4.78, 5) is 16.4. The van der Waals surface area contributed by atoms with Crippen molar-refractivity contribution in [1.29, 1.82) is 0 Å². The van der Waals surface area contributed by atoms with Crippen molar-refractivity contribution in [2.75, 3.05) is 30.4 Å². The Morgan fingerprint density at radius 3 is 2.50 bits per heavy atom. The van der Waals surface area contributed by atoms with Crippen LogP contribution >= 0.6 is 11.6 Å². The minimum atomic E-state index is -4.29. The highest BCUT2D eigenvalue weighted by atomic mass is 35.5. The summed E-state index contributed by atoms with van der Waals surface area (Å²) >= 11 is 5.87. The molecule has 1 aromatic heterocycles. The molecule has 0 spiro atoms. The minimum Gasteiger partial charge on any atom is -0.493 e. The van der Waals surface area contributed by atoms with Crippen LogP contribution in [-0.4, -0.2) is 40.1 Å². The van der Waals surface area contributed by atoms with Crippen molar-refractivity contribution in [2.45, 2.75) is 4.90 Å². The van der Waals surface area contributed by atoms with E-state index in [0.29, 0.717) is 11.4 Å². The summed E-state index contributed by atoms with van der Waals surface area (Å²) in [5, 5.41) is 2.28. The smallest absolute Gasteiger partial charge is 0.264 e. The SMILES string of the molecule is COc1ccc(S(=O)(=O)N(CC(=O)Nc2cccnc2)c2ccc(F)c(Cl)c2)cc1OC. The number of nitrogens with one attached hydrogen (secondary N) is 1. The van der Waals surface area contributed by atoms with Crippen molar-refractivity contribution in [1.82, 2.24) is 4.98 Å². The van der Waals surface area contributed by atoms with Crippen LogP contribution in [0.15, 0.2) is 65.8 Å². The molecule has 1 heterocycles. The maximum absolute atomic E-state index is 13.7. The van der Waals surface area contributed by atoms with Gasteiger partial charge < -0.3 is 14.8 Å². The maximum Gasteiger partial charge on any atom is 0.264 e. The van der Waals surface area contributed by atoms with Crippen LogP contribution in [0.25, 0.3) is 0 Å². The van der Waals surface area contributed by atoms with Crippen LogP contribution in [0.3, 0.4) is 0 Å². The number of aromatic nitrogens is 1. The molecule has 3 aromatic rings. The Hall–Kier alpha value is -3.37. The van der Waals surface area contributed by atoms with Gasteiger partial charge in [0.1, 0.15) is 12.4 Å². The van der Waals surface area contributed by atoms with Crippen LogP contribution in [0.4, 0.5) is 15.8 Å². The first kappa shape index (κ1) is 23.3. The van der Waals surface area contributed by atoms with Gasteiger partial charge in [-0.3, -0.25) is 14.1 Å². The van der Waals surface area contributed by atoms with Gasteiger partial charge in [0, 0.05) is 12.3 Å². The molecule has 0 saturated carbocycles. The predicted octanol–water partition coefficient (Wildman–Crippen LogP) is 3.73. The lowest BCUT2D eigenvalue weighted by molar-refractivity contribution is -0.114. The molecular weight excluding hydrogens is 461 g/mol. The number of pyridine rings is 1. The maximum atomic E-state index is 13.7. The number of benzene rings is 2. The standard InChI is InChI=1S/C21H19ClFN3O5S/c1-30-19-8-6-16(11-20(19)31-2)32(28,29)26(15-5-7-18(23)17(22)10-15)13-21(27)25-14-4-3-9-24-12-14/h3-12H,13H2,1-2H3,(H,25,27). The topological polar surface area (TPSA) is 97.8 Å². The lowest BCUT2D eigenvalue weighted by atomic mass is 10.3. The zero-order chi connectivity index (χ0) is 23.3. The second kappa shape index (κ2) is 9.84. The third-order valence-electron chi connectivity index (χ3n) is 4.37. The minimum absolute atomic E-state index is 0.00696. The first-order valence-corrected chi connectivity index (χ1v) is 11.0. The van der Waals surface area contributed by atoms with Crippen LogP contribution in [0, 0.1) is 5.82 Å². The Kier molecular flexibility index (Phi) is 7.16. The molecular formula is C21H19ClFN3O5S. The van der Waals surface area contributed by atoms with Crippen molar-refractivity contribution in [3.05, 3.63) is 71.8 Å². The average molecular weight is 480 g/mol. The molecule has 0 saturated heterocycles. The zero-order valence-electron chi connectivity index (χ0n) is 17.1. The molecule has 32 heavy (non-hydrogen) atoms. The molecule has 0 aliphatic carbocycles. The fourth-order valence-electron chi connectivity index (χ4n) is 2.83. The largest absolute Gasteiger partial charge is 0.493 e. The zero-order valence-corrected chi connectivity index (χ0v) is 18.7. The fourth-order valence-corrected chi connectivity index (χ4v) is 4.43. The van der Waals surface area contributed by atoms with E-state index in [1.165, 1.54) is 50.9 Å². The van der Waals surface area contributed by atoms with Crippen LogP contribution in [0.5, 0.6) is 11.5 Å². The van der Waals surface area contributed by atoms with E-state index in [9.17, 15) is 17.6 Å². The van der Waals surface area contributed by atoms with Crippen LogP contribution in [0.2, 0.25) is 5.02 Å². The summed E-state index contributed by atoms with van der Waals surface area (Å²) in [5.74, 6) is -0.844. The van der Waals surface area contributed by atoms with Gasteiger partial charge in [-0.2, -0.15) is 0 Å². The third-order valence-corrected chi connectivity index (χ3v) is 6.43. The average Bonchev–Trinajstić information content (AvgIpc) is 2.79. The van der Waals surface area contributed by atoms with E-state index in [4.69, 9.17) is 21.1 Å². The Labute approximate surface area is 189 Å². The van der Waals surface area contributed by atoms with Crippen LogP contribution < -0.4 is 19.1 Å². The Morgan fingerprint density at radius 1 is 1.12 bits per heavy atom. The monoisotopic (exact) mass is 479 g/mol. The molecule has 0 aliphatic rings. The van der Waals surface area contributed by atoms with Crippen molar-refractivity contribution < 1.29 is 27.1 Å². The van der Waals surface area contributed by atoms with E-state index in [0.717, 1.165) is 16.4 Å². The van der Waals surface area contributed by atoms with Gasteiger partial charge in [-0.05, 0) is 42.5 Å². The Balaban J connectivity index is 2.02. The summed E-state index contributed by atoms with van der Waals surface area (Å²) in [5.41, 5.74) is 0.394. The molecule has 0 unspecified atom stereocenters. The molecule has 0 bridgehead atoms. The first-order chi connectivity index (χ1) is 15.3. The molecule has 0 fully saturated rings. The van der Waals surface area contributed by atoms with E-state index >= 15 is 0 Å². The fraction of sp³-hybridized carbons (Fsp3) is 0.143. The number of nitrogens with zero attached hydrogens (tertiary/aromatic N) is 2. The highest BCUT2D eigenvalue weighted by Crippen LogP contribution is 2.33. The van der Waals surface area contributed by atoms with Crippen molar-refractivity contribution in [2.24, 2.45) is 0 Å². The molecule has 2 aromatic carbocycles. The number of methoxy groups -OCH3 is 2. The van der Waals surface area contributed by atoms with Crippen molar-refractivity contribution in [3.63, 3.8) is 0 Å². The number of hydrogen-bond donors (Lipinski definition) is 1. The predicted molar refractivity (Wildman–Crippen MR) is 118 cm³/mol. The number of carbonyl (C=O) groups is 1. The quantitative estimate of drug-likeness (QED) is 0.528. The second-order valence-corrected chi connectivity index (χ2v) is 8.69. The summed E-state index contributed by atoms with van der Waals surface area (Å²) in [6, 6.07) is 10.6. The summed E-state index contributed by atoms with van der Waals surface area (Å²) < 4.78 is 51.8. The van der Waals surface area contributed by atoms with E-state index in [-0.39, 0.29) is 21.4 Å². The van der Waals surface area contributed by atoms with Crippen molar-refractivity contribution >= 4 is 38.9 Å². The molecule has 0 radical (unpaired) electrons. The van der Waals surface area contributed by atoms with Crippen molar-refractivity contribution in [3.8, 4) is 11.5 Å². The van der Waals surface area contributed by atoms with Gasteiger partial charge in [-0.25, -0.2) is 12.8 Å². The van der Waals surface area contributed by atoms with Gasteiger partial charge in [-0.15, -0.1) is 0 Å². The summed E-state index contributed by atoms with van der Waals surface area (Å²) in [6.07, 6.45) is 2.95. The normalized spacial score (nSPS) is 11.0. The number of anilines is 2. The lowest BCUT2D eigenvalue weighted by Gasteiger charge is -2.24. The van der Waals surface area contributed by atoms with Gasteiger partial charge in [0.05, 0.1) is 41.7 Å². The number of carbonyl (C=O) groups excluding carboxylic acids is 1. The molecule has 3 rings (SSSR count). The van der Waals surface area contributed by atoms with Crippen LogP contribution in [0.1, 0.15) is 0 Å². The number of halogens is 2. The first-order valence-electron chi connectivity index (χ1n) is 9.16. The molecule has 0 aliphatic heterocycles. The Bertz CT molecular complexity index is 1230. The molecule has 168 valence electrons. The highest BCUT2D eigenvalue weighted by Gasteiger charge is 2.29. The molecule has 0 atom stereocenters. The molecule has 1 N–H and O–H groups in total. The van der Waals surface area contributed by atoms with Gasteiger partial charge in [0.25, 0.3) is 10.0 Å². The number of ether oxygens (including phenoxy) is 2. The number of rotatable bonds is 8. The highest BCUT2D eigenvalue weighted by molar-refractivity contribution is 7.92. The second-order valence-electron chi connectivity index (χ2n) is 6.42. The van der Waals surface area contributed by atoms with E-state index < -0.39 is 28.3 Å². The number of sulfonamides is 1. The summed E-state index contributed by atoms with van der Waals surface area (Å²) in [6.45, 7) is -0.604. The summed E-state index contributed by atoms with van der Waals surface area (Å²) in [7, 11) is -1.50. The lowest BCUT2D eigenvalue weighted by Crippen LogP contribution is -2.38. The molecule has 1 amide bonds. The van der Waals surface area contributed by atoms with Gasteiger partial charge in [0.2, 0.25) is 5.91 Å². The van der Waals surface area contributed by atoms with Crippen LogP contribution in [-0.2, 0) is 14.8 Å².